The van der Waals surface area contributed by atoms with E-state index in [-0.39, 0.29) is 5.88 Å². The molecule has 0 saturated carbocycles. The van der Waals surface area contributed by atoms with Crippen LogP contribution < -0.4 is 5.32 Å². The van der Waals surface area contributed by atoms with E-state index in [1.54, 1.807) is 12.3 Å². The maximum absolute atomic E-state index is 11.2. The van der Waals surface area contributed by atoms with Gasteiger partial charge in [-0.2, -0.15) is 0 Å². The molecule has 70 valence electrons. The quantitative estimate of drug-likeness (QED) is 0.791. The summed E-state index contributed by atoms with van der Waals surface area (Å²) in [7, 11) is 0. The Morgan fingerprint density at radius 3 is 2.77 bits per heavy atom. The minimum Gasteiger partial charge on any atom is -0.356 e. The van der Waals surface area contributed by atoms with Crippen molar-refractivity contribution >= 4 is 39.3 Å². The third-order valence-corrected chi connectivity index (χ3v) is 1.97. The summed E-state index contributed by atoms with van der Waals surface area (Å²) in [4.78, 5) is 24.6. The molecule has 6 heteroatoms. The number of hydrogen-bond acceptors (Lipinski definition) is 2. The summed E-state index contributed by atoms with van der Waals surface area (Å²) in [5, 5.41) is 2.10. The number of aromatic nitrogens is 1. The number of rotatable bonds is 2. The number of imide groups is 1. The summed E-state index contributed by atoms with van der Waals surface area (Å²) >= 11 is 8.37. The molecule has 0 aliphatic heterocycles. The molecule has 0 aliphatic rings. The third-order valence-electron chi connectivity index (χ3n) is 1.27. The first-order valence-corrected chi connectivity index (χ1v) is 4.70. The van der Waals surface area contributed by atoms with Crippen molar-refractivity contribution in [2.45, 2.75) is 0 Å². The van der Waals surface area contributed by atoms with Gasteiger partial charge in [0.15, 0.2) is 0 Å². The van der Waals surface area contributed by atoms with Gasteiger partial charge in [0.1, 0.15) is 11.6 Å². The van der Waals surface area contributed by atoms with Gasteiger partial charge in [0.2, 0.25) is 5.91 Å². The molecule has 0 atom stereocenters. The SMILES string of the molecule is O=C(CCl)NC(=O)c1cc(Br)c[nH]1. The molecule has 0 aliphatic carbocycles. The normalized spacial score (nSPS) is 9.69. The Kier molecular flexibility index (Phi) is 3.50. The molecule has 0 aromatic carbocycles. The summed E-state index contributed by atoms with van der Waals surface area (Å²) in [6, 6.07) is 1.57. The van der Waals surface area contributed by atoms with Crippen LogP contribution in [0.25, 0.3) is 0 Å². The molecule has 4 nitrogen and oxygen atoms in total. The third kappa shape index (κ3) is 2.86. The van der Waals surface area contributed by atoms with Gasteiger partial charge in [-0.15, -0.1) is 11.6 Å². The molecule has 1 aromatic heterocycles. The van der Waals surface area contributed by atoms with Crippen molar-refractivity contribution in [2.75, 3.05) is 5.88 Å². The predicted octanol–water partition coefficient (Wildman–Crippen LogP) is 1.27. The van der Waals surface area contributed by atoms with Gasteiger partial charge in [-0.1, -0.05) is 0 Å². The summed E-state index contributed by atoms with van der Waals surface area (Å²) in [5.74, 6) is -1.23. The Labute approximate surface area is 87.8 Å². The van der Waals surface area contributed by atoms with E-state index in [1.807, 2.05) is 0 Å². The van der Waals surface area contributed by atoms with Crippen molar-refractivity contribution in [3.8, 4) is 0 Å². The first-order valence-electron chi connectivity index (χ1n) is 3.37. The lowest BCUT2D eigenvalue weighted by molar-refractivity contribution is -0.117. The molecule has 1 rings (SSSR count). The highest BCUT2D eigenvalue weighted by Gasteiger charge is 2.10. The predicted molar refractivity (Wildman–Crippen MR) is 51.7 cm³/mol. The number of nitrogens with one attached hydrogen (secondary N) is 2. The summed E-state index contributed by atoms with van der Waals surface area (Å²) in [6.45, 7) is 0. The monoisotopic (exact) mass is 264 g/mol. The number of halogens is 2. The molecule has 2 N–H and O–H groups in total. The Bertz CT molecular complexity index is 337. The number of carbonyl (C=O) groups excluding carboxylic acids is 2. The van der Waals surface area contributed by atoms with Gasteiger partial charge < -0.3 is 4.98 Å². The van der Waals surface area contributed by atoms with Crippen LogP contribution >= 0.6 is 27.5 Å². The van der Waals surface area contributed by atoms with Gasteiger partial charge in [-0.05, 0) is 22.0 Å². The molecular weight excluding hydrogens is 259 g/mol. The molecule has 0 saturated heterocycles. The standard InChI is InChI=1S/C7H6BrClN2O2/c8-4-1-5(10-3-4)7(13)11-6(12)2-9/h1,3,10H,2H2,(H,11,12,13). The Morgan fingerprint density at radius 2 is 2.31 bits per heavy atom. The highest BCUT2D eigenvalue weighted by atomic mass is 79.9. The molecule has 1 aromatic rings. The Morgan fingerprint density at radius 1 is 1.62 bits per heavy atom. The van der Waals surface area contributed by atoms with Crippen molar-refractivity contribution in [1.29, 1.82) is 0 Å². The lowest BCUT2D eigenvalue weighted by Gasteiger charge is -1.97. The van der Waals surface area contributed by atoms with Crippen molar-refractivity contribution in [3.05, 3.63) is 22.4 Å². The van der Waals surface area contributed by atoms with Crippen LogP contribution in [-0.2, 0) is 4.79 Å². The zero-order chi connectivity index (χ0) is 9.84. The van der Waals surface area contributed by atoms with Crippen molar-refractivity contribution < 1.29 is 9.59 Å². The number of carbonyl (C=O) groups is 2. The number of hydrogen-bond donors (Lipinski definition) is 2. The smallest absolute Gasteiger partial charge is 0.274 e. The molecule has 1 heterocycles. The fourth-order valence-corrected chi connectivity index (χ4v) is 1.14. The second kappa shape index (κ2) is 4.43. The van der Waals surface area contributed by atoms with E-state index < -0.39 is 11.8 Å². The van der Waals surface area contributed by atoms with Crippen LogP contribution in [0, 0.1) is 0 Å². The van der Waals surface area contributed by atoms with E-state index in [9.17, 15) is 9.59 Å². The number of H-pyrrole nitrogens is 1. The summed E-state index contributed by atoms with van der Waals surface area (Å²) < 4.78 is 0.746. The van der Waals surface area contributed by atoms with Gasteiger partial charge in [0.25, 0.3) is 5.91 Å². The molecule has 0 fully saturated rings. The number of amides is 2. The van der Waals surface area contributed by atoms with E-state index in [2.05, 4.69) is 26.2 Å². The maximum atomic E-state index is 11.2. The Balaban J connectivity index is 2.64. The molecule has 2 amide bonds. The van der Waals surface area contributed by atoms with Gasteiger partial charge in [0, 0.05) is 10.7 Å². The second-order valence-corrected chi connectivity index (χ2v) is 3.43. The zero-order valence-corrected chi connectivity index (χ0v) is 8.78. The minimum atomic E-state index is -0.516. The van der Waals surface area contributed by atoms with Crippen LogP contribution in [0.1, 0.15) is 10.5 Å². The van der Waals surface area contributed by atoms with E-state index in [1.165, 1.54) is 0 Å². The number of aromatic amines is 1. The lowest BCUT2D eigenvalue weighted by atomic mass is 10.4. The van der Waals surface area contributed by atoms with Crippen LogP contribution in [0.4, 0.5) is 0 Å². The van der Waals surface area contributed by atoms with Crippen LogP contribution in [0.3, 0.4) is 0 Å². The van der Waals surface area contributed by atoms with E-state index in [0.29, 0.717) is 5.69 Å². The first-order chi connectivity index (χ1) is 6.13. The summed E-state index contributed by atoms with van der Waals surface area (Å²) in [6.07, 6.45) is 1.60. The van der Waals surface area contributed by atoms with Gasteiger partial charge in [-0.25, -0.2) is 0 Å². The van der Waals surface area contributed by atoms with Crippen molar-refractivity contribution in [2.24, 2.45) is 0 Å². The molecule has 0 radical (unpaired) electrons. The fraction of sp³-hybridized carbons (Fsp3) is 0.143. The lowest BCUT2D eigenvalue weighted by Crippen LogP contribution is -2.31. The van der Waals surface area contributed by atoms with E-state index in [0.717, 1.165) is 4.47 Å². The van der Waals surface area contributed by atoms with E-state index >= 15 is 0 Å². The molecule has 13 heavy (non-hydrogen) atoms. The number of alkyl halides is 1. The average molecular weight is 265 g/mol. The topological polar surface area (TPSA) is 62.0 Å². The Hall–Kier alpha value is -0.810. The fourth-order valence-electron chi connectivity index (χ4n) is 0.726. The van der Waals surface area contributed by atoms with Crippen LogP contribution in [0.15, 0.2) is 16.7 Å². The van der Waals surface area contributed by atoms with Crippen LogP contribution in [-0.4, -0.2) is 22.7 Å². The van der Waals surface area contributed by atoms with E-state index in [4.69, 9.17) is 11.6 Å². The molecule has 0 bridgehead atoms. The van der Waals surface area contributed by atoms with Crippen LogP contribution in [0.2, 0.25) is 0 Å². The molecule has 0 unspecified atom stereocenters. The molecular formula is C7H6BrClN2O2. The highest BCUT2D eigenvalue weighted by Crippen LogP contribution is 2.10. The zero-order valence-electron chi connectivity index (χ0n) is 6.43. The largest absolute Gasteiger partial charge is 0.356 e. The van der Waals surface area contributed by atoms with Crippen molar-refractivity contribution in [3.63, 3.8) is 0 Å². The first kappa shape index (κ1) is 10.3. The summed E-state index contributed by atoms with van der Waals surface area (Å²) in [5.41, 5.74) is 0.311. The minimum absolute atomic E-state index is 0.229. The second-order valence-electron chi connectivity index (χ2n) is 2.24. The van der Waals surface area contributed by atoms with Crippen molar-refractivity contribution in [1.82, 2.24) is 10.3 Å². The highest BCUT2D eigenvalue weighted by molar-refractivity contribution is 9.10. The molecule has 0 spiro atoms. The van der Waals surface area contributed by atoms with Gasteiger partial charge >= 0.3 is 0 Å². The van der Waals surface area contributed by atoms with Gasteiger partial charge in [0.05, 0.1) is 0 Å². The maximum Gasteiger partial charge on any atom is 0.274 e. The average Bonchev–Trinajstić information content (AvgIpc) is 2.51. The van der Waals surface area contributed by atoms with Gasteiger partial charge in [-0.3, -0.25) is 14.9 Å². The van der Waals surface area contributed by atoms with Crippen LogP contribution in [0.5, 0.6) is 0 Å².